The first kappa shape index (κ1) is 23.7. The Labute approximate surface area is 205 Å². The second kappa shape index (κ2) is 11.1. The third kappa shape index (κ3) is 6.14. The summed E-state index contributed by atoms with van der Waals surface area (Å²) in [5, 5.41) is 7.94. The molecule has 2 heterocycles. The molecule has 0 bridgehead atoms. The van der Waals surface area contributed by atoms with Crippen molar-refractivity contribution < 1.29 is 23.4 Å². The number of carbonyl (C=O) groups excluding carboxylic acids is 1. The number of halogens is 2. The average Bonchev–Trinajstić information content (AvgIpc) is 3.16. The van der Waals surface area contributed by atoms with Crippen LogP contribution in [0.2, 0.25) is 0 Å². The van der Waals surface area contributed by atoms with Gasteiger partial charge >= 0.3 is 6.09 Å². The Morgan fingerprint density at radius 1 is 1.33 bits per heavy atom. The second-order valence-corrected chi connectivity index (χ2v) is 9.09. The van der Waals surface area contributed by atoms with E-state index in [-0.39, 0.29) is 24.8 Å². The van der Waals surface area contributed by atoms with Crippen LogP contribution in [0.3, 0.4) is 0 Å². The molecule has 1 aromatic heterocycles. The molecule has 2 aromatic carbocycles. The van der Waals surface area contributed by atoms with Crippen LogP contribution >= 0.6 is 22.6 Å². The maximum atomic E-state index is 15.0. The molecule has 1 saturated heterocycles. The van der Waals surface area contributed by atoms with Crippen LogP contribution in [0.1, 0.15) is 44.4 Å². The number of fused-ring (bicyclic) bond motifs is 1. The first-order valence-electron chi connectivity index (χ1n) is 11.1. The number of aromatic nitrogens is 2. The quantitative estimate of drug-likeness (QED) is 0.361. The Morgan fingerprint density at radius 2 is 2.15 bits per heavy atom. The van der Waals surface area contributed by atoms with Gasteiger partial charge in [0.05, 0.1) is 6.10 Å². The van der Waals surface area contributed by atoms with E-state index in [2.05, 4.69) is 33.0 Å². The lowest BCUT2D eigenvalue weighted by atomic mass is 10.2. The van der Waals surface area contributed by atoms with Crippen molar-refractivity contribution in [2.24, 2.45) is 0 Å². The van der Waals surface area contributed by atoms with Crippen molar-refractivity contribution in [3.05, 3.63) is 57.5 Å². The molecule has 1 aliphatic heterocycles. The van der Waals surface area contributed by atoms with Crippen LogP contribution in [0.25, 0.3) is 10.9 Å². The summed E-state index contributed by atoms with van der Waals surface area (Å²) in [6.07, 6.45) is 2.48. The van der Waals surface area contributed by atoms with Gasteiger partial charge in [0.2, 0.25) is 0 Å². The van der Waals surface area contributed by atoms with Crippen molar-refractivity contribution in [2.45, 2.75) is 51.5 Å². The summed E-state index contributed by atoms with van der Waals surface area (Å²) < 4.78 is 34.3. The lowest BCUT2D eigenvalue weighted by Gasteiger charge is -2.23. The number of ether oxygens (including phenoxy) is 3. The van der Waals surface area contributed by atoms with E-state index < -0.39 is 6.09 Å². The number of carbonyl (C=O) groups is 1. The van der Waals surface area contributed by atoms with Gasteiger partial charge in [-0.1, -0.05) is 30.3 Å². The lowest BCUT2D eigenvalue weighted by Crippen LogP contribution is -2.28. The normalized spacial score (nSPS) is 17.0. The molecule has 2 atom stereocenters. The zero-order chi connectivity index (χ0) is 23.2. The molecule has 1 fully saturated rings. The van der Waals surface area contributed by atoms with Crippen LogP contribution in [0.5, 0.6) is 5.75 Å². The van der Waals surface area contributed by atoms with Crippen LogP contribution in [0.15, 0.2) is 42.5 Å². The van der Waals surface area contributed by atoms with E-state index >= 15 is 4.39 Å². The summed E-state index contributed by atoms with van der Waals surface area (Å²) in [6.45, 7) is 3.14. The van der Waals surface area contributed by atoms with Crippen LogP contribution in [0.4, 0.5) is 9.18 Å². The zero-order valence-corrected chi connectivity index (χ0v) is 20.6. The number of amides is 1. The Bertz CT molecular complexity index is 1090. The highest BCUT2D eigenvalue weighted by molar-refractivity contribution is 14.1. The topological polar surface area (TPSA) is 74.6 Å². The molecule has 1 aliphatic rings. The Balaban J connectivity index is 1.31. The molecule has 3 aromatic rings. The Kier molecular flexibility index (Phi) is 8.02. The van der Waals surface area contributed by atoms with Crippen LogP contribution < -0.4 is 10.1 Å². The minimum atomic E-state index is -0.481. The molecule has 9 heteroatoms. The van der Waals surface area contributed by atoms with Crippen molar-refractivity contribution in [1.29, 1.82) is 0 Å². The molecular weight excluding hydrogens is 540 g/mol. The third-order valence-electron chi connectivity index (χ3n) is 5.48. The smallest absolute Gasteiger partial charge is 0.407 e. The second-order valence-electron chi connectivity index (χ2n) is 8.06. The highest BCUT2D eigenvalue weighted by Gasteiger charge is 2.23. The zero-order valence-electron chi connectivity index (χ0n) is 18.4. The van der Waals surface area contributed by atoms with E-state index in [4.69, 9.17) is 14.2 Å². The number of nitrogens with zero attached hydrogens (tertiary/aromatic N) is 2. The summed E-state index contributed by atoms with van der Waals surface area (Å²) in [4.78, 5) is 11.9. The Morgan fingerprint density at radius 3 is 2.91 bits per heavy atom. The number of benzene rings is 2. The number of hydrogen-bond donors (Lipinski definition) is 1. The van der Waals surface area contributed by atoms with Crippen molar-refractivity contribution in [1.82, 2.24) is 15.1 Å². The molecule has 0 spiro atoms. The third-order valence-corrected chi connectivity index (χ3v) is 6.28. The van der Waals surface area contributed by atoms with Crippen LogP contribution in [-0.4, -0.2) is 35.1 Å². The van der Waals surface area contributed by atoms with E-state index in [1.807, 2.05) is 43.3 Å². The minimum Gasteiger partial charge on any atom is -0.491 e. The van der Waals surface area contributed by atoms with Gasteiger partial charge in [-0.3, -0.25) is 0 Å². The lowest BCUT2D eigenvalue weighted by molar-refractivity contribution is -0.0371. The molecule has 0 saturated carbocycles. The van der Waals surface area contributed by atoms with E-state index in [0.29, 0.717) is 39.9 Å². The van der Waals surface area contributed by atoms with Gasteiger partial charge in [-0.15, -0.1) is 0 Å². The maximum Gasteiger partial charge on any atom is 0.407 e. The number of rotatable bonds is 8. The molecule has 7 nitrogen and oxygen atoms in total. The average molecular weight is 567 g/mol. The molecule has 1 amide bonds. The summed E-state index contributed by atoms with van der Waals surface area (Å²) >= 11 is 2.11. The monoisotopic (exact) mass is 567 g/mol. The summed E-state index contributed by atoms with van der Waals surface area (Å²) in [5.41, 5.74) is 1.36. The van der Waals surface area contributed by atoms with E-state index in [1.165, 1.54) is 6.07 Å². The molecule has 1 N–H and O–H groups in total. The van der Waals surface area contributed by atoms with Gasteiger partial charge in [0.15, 0.2) is 12.0 Å². The van der Waals surface area contributed by atoms with Gasteiger partial charge in [0.1, 0.15) is 21.6 Å². The summed E-state index contributed by atoms with van der Waals surface area (Å²) in [7, 11) is 0. The van der Waals surface area contributed by atoms with Gasteiger partial charge in [0, 0.05) is 31.0 Å². The highest BCUT2D eigenvalue weighted by Crippen LogP contribution is 2.33. The predicted molar refractivity (Wildman–Crippen MR) is 131 cm³/mol. The van der Waals surface area contributed by atoms with Gasteiger partial charge in [-0.2, -0.15) is 5.10 Å². The van der Waals surface area contributed by atoms with Gasteiger partial charge in [0.25, 0.3) is 0 Å². The fourth-order valence-corrected chi connectivity index (χ4v) is 4.44. The SMILES string of the molecule is CC(CCNC(=O)OCc1ccccc1)Oc1cc(F)c2c(c1)c(I)nn2C1CCCCO1. The highest BCUT2D eigenvalue weighted by atomic mass is 127. The molecule has 0 radical (unpaired) electrons. The summed E-state index contributed by atoms with van der Waals surface area (Å²) in [5.74, 6) is 0.0445. The molecule has 0 aliphatic carbocycles. The van der Waals surface area contributed by atoms with Crippen molar-refractivity contribution in [3.8, 4) is 5.75 Å². The largest absolute Gasteiger partial charge is 0.491 e. The molecule has 2 unspecified atom stereocenters. The van der Waals surface area contributed by atoms with Crippen molar-refractivity contribution in [3.63, 3.8) is 0 Å². The van der Waals surface area contributed by atoms with Crippen molar-refractivity contribution in [2.75, 3.05) is 13.2 Å². The molecule has 176 valence electrons. The number of nitrogens with one attached hydrogen (secondary N) is 1. The first-order chi connectivity index (χ1) is 16.0. The van der Waals surface area contributed by atoms with Crippen LogP contribution in [0, 0.1) is 9.52 Å². The van der Waals surface area contributed by atoms with Crippen LogP contribution in [-0.2, 0) is 16.1 Å². The number of alkyl carbamates (subject to hydrolysis) is 1. The minimum absolute atomic E-state index is 0.218. The predicted octanol–water partition coefficient (Wildman–Crippen LogP) is 5.56. The van der Waals surface area contributed by atoms with E-state index in [9.17, 15) is 4.79 Å². The Hall–Kier alpha value is -2.40. The number of hydrogen-bond acceptors (Lipinski definition) is 5. The van der Waals surface area contributed by atoms with Crippen molar-refractivity contribution >= 4 is 39.6 Å². The van der Waals surface area contributed by atoms with Gasteiger partial charge < -0.3 is 19.5 Å². The summed E-state index contributed by atoms with van der Waals surface area (Å²) in [6, 6.07) is 12.7. The molecule has 33 heavy (non-hydrogen) atoms. The standard InChI is InChI=1S/C24H27FIN3O4/c1-16(10-11-27-24(30)32-15-17-7-3-2-4-8-17)33-18-13-19-22(20(25)14-18)29(28-23(19)26)21-9-5-6-12-31-21/h2-4,7-8,13-14,16,21H,5-6,9-12,15H2,1H3,(H,27,30). The fraction of sp³-hybridized carbons (Fsp3) is 0.417. The molecular formula is C24H27FIN3O4. The van der Waals surface area contributed by atoms with E-state index in [1.54, 1.807) is 4.68 Å². The fourth-order valence-electron chi connectivity index (χ4n) is 3.80. The maximum absolute atomic E-state index is 15.0. The van der Waals surface area contributed by atoms with E-state index in [0.717, 1.165) is 24.8 Å². The van der Waals surface area contributed by atoms with Gasteiger partial charge in [-0.25, -0.2) is 13.9 Å². The first-order valence-corrected chi connectivity index (χ1v) is 12.2. The van der Waals surface area contributed by atoms with Gasteiger partial charge in [-0.05, 0) is 60.4 Å². The molecule has 4 rings (SSSR count).